The van der Waals surface area contributed by atoms with Crippen molar-refractivity contribution in [1.29, 1.82) is 0 Å². The standard InChI is InChI=1S/C30H38ClN9O2/c1-19-27(28-33-11-8-26(32)37-28)29(40(5)38-19)41-18-30(2,3)17-36-24-14-25(31)35-16-22(24)23-7-6-21(15-34-23)42-20-9-12-39(4)13-10-20/h6-8,11,14-16,20H,9-10,12-13,17-18H2,1-5H3,(H,35,36)(H2,32,33,37). The molecule has 0 aliphatic carbocycles. The van der Waals surface area contributed by atoms with Crippen molar-refractivity contribution < 1.29 is 9.47 Å². The van der Waals surface area contributed by atoms with Crippen LogP contribution in [0.5, 0.6) is 11.6 Å². The molecule has 0 unspecified atom stereocenters. The minimum Gasteiger partial charge on any atom is -0.489 e. The average molecular weight is 592 g/mol. The maximum absolute atomic E-state index is 6.33. The van der Waals surface area contributed by atoms with Crippen LogP contribution < -0.4 is 20.5 Å². The Morgan fingerprint density at radius 1 is 1.10 bits per heavy atom. The Hall–Kier alpha value is -3.96. The van der Waals surface area contributed by atoms with E-state index < -0.39 is 0 Å². The molecule has 42 heavy (non-hydrogen) atoms. The summed E-state index contributed by atoms with van der Waals surface area (Å²) in [5, 5.41) is 8.46. The number of pyridine rings is 2. The smallest absolute Gasteiger partial charge is 0.223 e. The quantitative estimate of drug-likeness (QED) is 0.246. The number of ether oxygens (including phenoxy) is 2. The molecule has 0 bridgehead atoms. The van der Waals surface area contributed by atoms with Crippen LogP contribution in [0.3, 0.4) is 0 Å². The van der Waals surface area contributed by atoms with Gasteiger partial charge in [-0.1, -0.05) is 25.4 Å². The molecule has 1 fully saturated rings. The molecule has 11 nitrogen and oxygen atoms in total. The van der Waals surface area contributed by atoms with Gasteiger partial charge in [0.1, 0.15) is 28.4 Å². The highest BCUT2D eigenvalue weighted by Gasteiger charge is 2.25. The van der Waals surface area contributed by atoms with Crippen molar-refractivity contribution >= 4 is 23.1 Å². The fraction of sp³-hybridized carbons (Fsp3) is 0.433. The number of hydrogen-bond acceptors (Lipinski definition) is 10. The van der Waals surface area contributed by atoms with E-state index in [-0.39, 0.29) is 11.5 Å². The van der Waals surface area contributed by atoms with E-state index >= 15 is 0 Å². The highest BCUT2D eigenvalue weighted by Crippen LogP contribution is 2.33. The van der Waals surface area contributed by atoms with E-state index in [9.17, 15) is 0 Å². The molecule has 4 aromatic heterocycles. The lowest BCUT2D eigenvalue weighted by Gasteiger charge is -2.29. The molecule has 1 aliphatic rings. The van der Waals surface area contributed by atoms with Crippen LogP contribution in [-0.4, -0.2) is 74.0 Å². The molecule has 5 rings (SSSR count). The fourth-order valence-corrected chi connectivity index (χ4v) is 5.05. The molecule has 0 aromatic carbocycles. The molecule has 3 N–H and O–H groups in total. The number of nitrogens with one attached hydrogen (secondary N) is 1. The van der Waals surface area contributed by atoms with Crippen molar-refractivity contribution in [3.63, 3.8) is 0 Å². The third-order valence-electron chi connectivity index (χ3n) is 7.28. The van der Waals surface area contributed by atoms with Crippen molar-refractivity contribution in [2.45, 2.75) is 39.7 Å². The zero-order valence-corrected chi connectivity index (χ0v) is 25.5. The van der Waals surface area contributed by atoms with Gasteiger partial charge in [-0.3, -0.25) is 4.98 Å². The van der Waals surface area contributed by atoms with Crippen LogP contribution in [0.1, 0.15) is 32.4 Å². The van der Waals surface area contributed by atoms with E-state index in [1.165, 1.54) is 0 Å². The van der Waals surface area contributed by atoms with Crippen LogP contribution >= 0.6 is 11.6 Å². The number of likely N-dealkylation sites (tertiary alicyclic amines) is 1. The van der Waals surface area contributed by atoms with Crippen molar-refractivity contribution in [1.82, 2.24) is 34.6 Å². The molecule has 0 saturated carbocycles. The number of aryl methyl sites for hydroxylation is 2. The number of rotatable bonds is 10. The van der Waals surface area contributed by atoms with E-state index in [0.717, 1.165) is 59.9 Å². The van der Waals surface area contributed by atoms with Gasteiger partial charge in [0.25, 0.3) is 0 Å². The molecular weight excluding hydrogens is 554 g/mol. The van der Waals surface area contributed by atoms with E-state index in [0.29, 0.717) is 35.8 Å². The number of hydrogen-bond donors (Lipinski definition) is 2. The van der Waals surface area contributed by atoms with Gasteiger partial charge in [0.2, 0.25) is 5.88 Å². The lowest BCUT2D eigenvalue weighted by Crippen LogP contribution is -2.35. The normalized spacial score (nSPS) is 14.6. The first-order chi connectivity index (χ1) is 20.1. The summed E-state index contributed by atoms with van der Waals surface area (Å²) in [7, 11) is 3.98. The second kappa shape index (κ2) is 12.5. The minimum atomic E-state index is -0.280. The highest BCUT2D eigenvalue weighted by molar-refractivity contribution is 6.29. The van der Waals surface area contributed by atoms with Crippen molar-refractivity contribution in [3.8, 4) is 34.3 Å². The number of nitrogens with zero attached hydrogens (tertiary/aromatic N) is 7. The number of piperidine rings is 1. The van der Waals surface area contributed by atoms with Gasteiger partial charge in [0.15, 0.2) is 5.82 Å². The van der Waals surface area contributed by atoms with Crippen LogP contribution in [0.15, 0.2) is 42.9 Å². The second-order valence-electron chi connectivity index (χ2n) is 11.6. The van der Waals surface area contributed by atoms with Crippen LogP contribution in [-0.2, 0) is 7.05 Å². The van der Waals surface area contributed by atoms with Crippen LogP contribution in [0.2, 0.25) is 5.15 Å². The largest absolute Gasteiger partial charge is 0.489 e. The molecule has 0 amide bonds. The monoisotopic (exact) mass is 591 g/mol. The predicted octanol–water partition coefficient (Wildman–Crippen LogP) is 4.87. The van der Waals surface area contributed by atoms with Crippen molar-refractivity contribution in [3.05, 3.63) is 53.7 Å². The maximum atomic E-state index is 6.33. The van der Waals surface area contributed by atoms with E-state index in [1.807, 2.05) is 32.2 Å². The molecule has 4 aromatic rings. The van der Waals surface area contributed by atoms with Crippen LogP contribution in [0.25, 0.3) is 22.6 Å². The van der Waals surface area contributed by atoms with Crippen LogP contribution in [0, 0.1) is 12.3 Å². The Balaban J connectivity index is 1.26. The summed E-state index contributed by atoms with van der Waals surface area (Å²) in [4.78, 5) is 20.1. The number of nitrogen functional groups attached to an aromatic ring is 1. The summed E-state index contributed by atoms with van der Waals surface area (Å²) in [6.45, 7) is 9.23. The highest BCUT2D eigenvalue weighted by atomic mass is 35.5. The zero-order chi connectivity index (χ0) is 29.9. The topological polar surface area (TPSA) is 129 Å². The molecule has 0 spiro atoms. The summed E-state index contributed by atoms with van der Waals surface area (Å²) in [5.41, 5.74) is 9.59. The van der Waals surface area contributed by atoms with Gasteiger partial charge >= 0.3 is 0 Å². The van der Waals surface area contributed by atoms with Gasteiger partial charge < -0.3 is 25.4 Å². The van der Waals surface area contributed by atoms with Gasteiger partial charge in [0.05, 0.1) is 24.2 Å². The summed E-state index contributed by atoms with van der Waals surface area (Å²) >= 11 is 6.30. The minimum absolute atomic E-state index is 0.220. The molecule has 1 aliphatic heterocycles. The van der Waals surface area contributed by atoms with Gasteiger partial charge in [-0.15, -0.1) is 0 Å². The van der Waals surface area contributed by atoms with Gasteiger partial charge in [-0.25, -0.2) is 19.6 Å². The third-order valence-corrected chi connectivity index (χ3v) is 7.49. The lowest BCUT2D eigenvalue weighted by atomic mass is 9.94. The molecule has 0 radical (unpaired) electrons. The van der Waals surface area contributed by atoms with Gasteiger partial charge in [-0.05, 0) is 51.1 Å². The number of anilines is 2. The number of halogens is 1. The summed E-state index contributed by atoms with van der Waals surface area (Å²) < 4.78 is 14.2. The van der Waals surface area contributed by atoms with Crippen molar-refractivity contribution in [2.24, 2.45) is 12.5 Å². The fourth-order valence-electron chi connectivity index (χ4n) is 4.89. The Morgan fingerprint density at radius 3 is 2.60 bits per heavy atom. The second-order valence-corrected chi connectivity index (χ2v) is 11.9. The Labute approximate surface area is 251 Å². The molecule has 5 heterocycles. The first kappa shape index (κ1) is 29.5. The number of aromatic nitrogens is 6. The first-order valence-corrected chi connectivity index (χ1v) is 14.4. The molecule has 1 saturated heterocycles. The van der Waals surface area contributed by atoms with Gasteiger partial charge in [-0.2, -0.15) is 5.10 Å². The van der Waals surface area contributed by atoms with Crippen molar-refractivity contribution in [2.75, 3.05) is 44.3 Å². The Morgan fingerprint density at radius 2 is 1.88 bits per heavy atom. The van der Waals surface area contributed by atoms with Gasteiger partial charge in [0, 0.05) is 55.7 Å². The first-order valence-electron chi connectivity index (χ1n) is 14.0. The summed E-state index contributed by atoms with van der Waals surface area (Å²) in [6.07, 6.45) is 7.40. The third kappa shape index (κ3) is 7.08. The predicted molar refractivity (Wildman–Crippen MR) is 165 cm³/mol. The van der Waals surface area contributed by atoms with E-state index in [2.05, 4.69) is 56.1 Å². The van der Waals surface area contributed by atoms with Crippen LogP contribution in [0.4, 0.5) is 11.5 Å². The lowest BCUT2D eigenvalue weighted by molar-refractivity contribution is 0.114. The summed E-state index contributed by atoms with van der Waals surface area (Å²) in [6, 6.07) is 7.39. The molecule has 0 atom stereocenters. The summed E-state index contributed by atoms with van der Waals surface area (Å²) in [5.74, 6) is 2.24. The maximum Gasteiger partial charge on any atom is 0.223 e. The molecular formula is C30H38ClN9O2. The molecule has 222 valence electrons. The number of nitrogens with two attached hydrogens (primary N) is 1. The SMILES string of the molecule is Cc1nn(C)c(OCC(C)(C)CNc2cc(Cl)ncc2-c2ccc(OC3CCN(C)CC3)cn2)c1-c1nccc(N)n1. The Bertz CT molecular complexity index is 1520. The zero-order valence-electron chi connectivity index (χ0n) is 24.8. The molecule has 12 heteroatoms. The Kier molecular flexibility index (Phi) is 8.79. The average Bonchev–Trinajstić information content (AvgIpc) is 3.25. The van der Waals surface area contributed by atoms with E-state index in [4.69, 9.17) is 26.8 Å². The van der Waals surface area contributed by atoms with E-state index in [1.54, 1.807) is 29.3 Å².